The summed E-state index contributed by atoms with van der Waals surface area (Å²) in [7, 11) is 3.00. The Balaban J connectivity index is 2.28. The molecule has 1 aromatic heterocycles. The molecule has 0 aliphatic rings. The van der Waals surface area contributed by atoms with Gasteiger partial charge >= 0.3 is 0 Å². The Kier molecular flexibility index (Phi) is 4.64. The molecule has 0 unspecified atom stereocenters. The molecule has 21 heavy (non-hydrogen) atoms. The van der Waals surface area contributed by atoms with E-state index in [2.05, 4.69) is 26.2 Å². The summed E-state index contributed by atoms with van der Waals surface area (Å²) >= 11 is 3.23. The number of aromatic amines is 1. The molecule has 2 rings (SSSR count). The van der Waals surface area contributed by atoms with Crippen LogP contribution in [-0.4, -0.2) is 25.1 Å². The van der Waals surface area contributed by atoms with Crippen LogP contribution in [0.1, 0.15) is 10.4 Å². The fourth-order valence-corrected chi connectivity index (χ4v) is 2.07. The molecule has 0 spiro atoms. The molecule has 1 amide bonds. The smallest absolute Gasteiger partial charge is 0.271 e. The number of nitrogens with one attached hydrogen (secondary N) is 2. The third-order valence-corrected chi connectivity index (χ3v) is 3.22. The number of carbonyl (C=O) groups is 1. The Labute approximate surface area is 129 Å². The standard InChI is InChI=1S/C14H13BrN2O4/c1-20-11-4-3-8(5-12(11)21-2)13(18)17-10-6-9(15)7-16-14(10)19/h3-7H,1-2H3,(H,16,19)(H,17,18). The van der Waals surface area contributed by atoms with Crippen molar-refractivity contribution in [2.45, 2.75) is 0 Å². The molecule has 1 heterocycles. The molecule has 0 fully saturated rings. The number of anilines is 1. The van der Waals surface area contributed by atoms with Gasteiger partial charge in [0.1, 0.15) is 5.69 Å². The number of amides is 1. The number of methoxy groups -OCH3 is 2. The molecule has 1 aromatic carbocycles. The van der Waals surface area contributed by atoms with Crippen molar-refractivity contribution >= 4 is 27.5 Å². The van der Waals surface area contributed by atoms with Crippen LogP contribution in [0.3, 0.4) is 0 Å². The first-order valence-electron chi connectivity index (χ1n) is 5.96. The van der Waals surface area contributed by atoms with Crippen LogP contribution in [0.2, 0.25) is 0 Å². The van der Waals surface area contributed by atoms with Crippen molar-refractivity contribution in [2.24, 2.45) is 0 Å². The molecular formula is C14H13BrN2O4. The van der Waals surface area contributed by atoms with Gasteiger partial charge in [0.25, 0.3) is 11.5 Å². The molecule has 0 saturated heterocycles. The van der Waals surface area contributed by atoms with Crippen molar-refractivity contribution in [1.82, 2.24) is 4.98 Å². The monoisotopic (exact) mass is 352 g/mol. The summed E-state index contributed by atoms with van der Waals surface area (Å²) in [6.07, 6.45) is 1.49. The average molecular weight is 353 g/mol. The molecule has 2 aromatic rings. The topological polar surface area (TPSA) is 80.4 Å². The maximum absolute atomic E-state index is 12.2. The van der Waals surface area contributed by atoms with Crippen molar-refractivity contribution < 1.29 is 14.3 Å². The first-order chi connectivity index (χ1) is 10.0. The highest BCUT2D eigenvalue weighted by Crippen LogP contribution is 2.27. The van der Waals surface area contributed by atoms with Crippen molar-refractivity contribution in [3.05, 3.63) is 50.9 Å². The normalized spacial score (nSPS) is 10.0. The van der Waals surface area contributed by atoms with E-state index in [1.165, 1.54) is 26.5 Å². The van der Waals surface area contributed by atoms with Crippen LogP contribution in [0.5, 0.6) is 11.5 Å². The summed E-state index contributed by atoms with van der Waals surface area (Å²) in [6, 6.07) is 6.28. The Morgan fingerprint density at radius 1 is 1.19 bits per heavy atom. The molecular weight excluding hydrogens is 340 g/mol. The first kappa shape index (κ1) is 15.1. The lowest BCUT2D eigenvalue weighted by Crippen LogP contribution is -2.19. The number of benzene rings is 1. The number of hydrogen-bond acceptors (Lipinski definition) is 4. The SMILES string of the molecule is COc1ccc(C(=O)Nc2cc(Br)c[nH]c2=O)cc1OC. The van der Waals surface area contributed by atoms with E-state index < -0.39 is 5.91 Å². The molecule has 0 saturated carbocycles. The van der Waals surface area contributed by atoms with Crippen LogP contribution in [0.4, 0.5) is 5.69 Å². The number of aromatic nitrogens is 1. The van der Waals surface area contributed by atoms with Crippen LogP contribution in [0.15, 0.2) is 39.7 Å². The largest absolute Gasteiger partial charge is 0.493 e. The fraction of sp³-hybridized carbons (Fsp3) is 0.143. The van der Waals surface area contributed by atoms with E-state index in [1.54, 1.807) is 18.2 Å². The quantitative estimate of drug-likeness (QED) is 0.885. The van der Waals surface area contributed by atoms with E-state index in [-0.39, 0.29) is 11.2 Å². The molecule has 110 valence electrons. The van der Waals surface area contributed by atoms with E-state index in [0.29, 0.717) is 21.5 Å². The second kappa shape index (κ2) is 6.45. The van der Waals surface area contributed by atoms with E-state index in [1.807, 2.05) is 0 Å². The average Bonchev–Trinajstić information content (AvgIpc) is 2.50. The number of H-pyrrole nitrogens is 1. The van der Waals surface area contributed by atoms with Gasteiger partial charge in [0.15, 0.2) is 11.5 Å². The number of halogens is 1. The zero-order valence-electron chi connectivity index (χ0n) is 11.4. The molecule has 0 radical (unpaired) electrons. The van der Waals surface area contributed by atoms with E-state index >= 15 is 0 Å². The van der Waals surface area contributed by atoms with Crippen molar-refractivity contribution in [3.8, 4) is 11.5 Å². The molecule has 0 bridgehead atoms. The Hall–Kier alpha value is -2.28. The number of rotatable bonds is 4. The van der Waals surface area contributed by atoms with Crippen LogP contribution >= 0.6 is 15.9 Å². The predicted octanol–water partition coefficient (Wildman–Crippen LogP) is 2.41. The maximum Gasteiger partial charge on any atom is 0.271 e. The summed E-state index contributed by atoms with van der Waals surface area (Å²) in [4.78, 5) is 26.3. The van der Waals surface area contributed by atoms with Crippen molar-refractivity contribution in [1.29, 1.82) is 0 Å². The van der Waals surface area contributed by atoms with Gasteiger partial charge < -0.3 is 19.8 Å². The van der Waals surface area contributed by atoms with Gasteiger partial charge in [0.2, 0.25) is 0 Å². The van der Waals surface area contributed by atoms with Crippen LogP contribution in [-0.2, 0) is 0 Å². The molecule has 6 nitrogen and oxygen atoms in total. The van der Waals surface area contributed by atoms with Gasteiger partial charge in [-0.2, -0.15) is 0 Å². The third kappa shape index (κ3) is 3.43. The highest BCUT2D eigenvalue weighted by atomic mass is 79.9. The van der Waals surface area contributed by atoms with Gasteiger partial charge in [-0.25, -0.2) is 0 Å². The second-order valence-corrected chi connectivity index (χ2v) is 5.00. The van der Waals surface area contributed by atoms with E-state index in [4.69, 9.17) is 9.47 Å². The zero-order valence-corrected chi connectivity index (χ0v) is 13.0. The minimum atomic E-state index is -0.417. The lowest BCUT2D eigenvalue weighted by atomic mass is 10.2. The van der Waals surface area contributed by atoms with Gasteiger partial charge in [-0.05, 0) is 40.2 Å². The van der Waals surface area contributed by atoms with E-state index in [0.717, 1.165) is 0 Å². The molecule has 0 aliphatic heterocycles. The summed E-state index contributed by atoms with van der Waals surface area (Å²) in [5, 5.41) is 2.55. The zero-order chi connectivity index (χ0) is 15.4. The van der Waals surface area contributed by atoms with Crippen LogP contribution in [0, 0.1) is 0 Å². The summed E-state index contributed by atoms with van der Waals surface area (Å²) in [5.74, 6) is 0.544. The molecule has 0 atom stereocenters. The molecule has 0 aliphatic carbocycles. The highest BCUT2D eigenvalue weighted by Gasteiger charge is 2.12. The first-order valence-corrected chi connectivity index (χ1v) is 6.76. The highest BCUT2D eigenvalue weighted by molar-refractivity contribution is 9.10. The van der Waals surface area contributed by atoms with Gasteiger partial charge in [-0.1, -0.05) is 0 Å². The van der Waals surface area contributed by atoms with Gasteiger partial charge in [-0.15, -0.1) is 0 Å². The van der Waals surface area contributed by atoms with E-state index in [9.17, 15) is 9.59 Å². The Morgan fingerprint density at radius 2 is 1.90 bits per heavy atom. The number of carbonyl (C=O) groups excluding carboxylic acids is 1. The molecule has 2 N–H and O–H groups in total. The van der Waals surface area contributed by atoms with Gasteiger partial charge in [0.05, 0.1) is 14.2 Å². The number of hydrogen-bond donors (Lipinski definition) is 2. The fourth-order valence-electron chi connectivity index (χ4n) is 1.72. The lowest BCUT2D eigenvalue weighted by Gasteiger charge is -2.09. The van der Waals surface area contributed by atoms with Crippen LogP contribution in [0.25, 0.3) is 0 Å². The summed E-state index contributed by atoms with van der Waals surface area (Å²) in [5.41, 5.74) is 0.128. The lowest BCUT2D eigenvalue weighted by molar-refractivity contribution is 0.102. The van der Waals surface area contributed by atoms with Gasteiger partial charge in [0, 0.05) is 16.2 Å². The number of pyridine rings is 1. The van der Waals surface area contributed by atoms with Crippen molar-refractivity contribution in [3.63, 3.8) is 0 Å². The molecule has 7 heteroatoms. The van der Waals surface area contributed by atoms with Crippen molar-refractivity contribution in [2.75, 3.05) is 19.5 Å². The Bertz CT molecular complexity index is 727. The van der Waals surface area contributed by atoms with Gasteiger partial charge in [-0.3, -0.25) is 9.59 Å². The third-order valence-electron chi connectivity index (χ3n) is 2.76. The second-order valence-electron chi connectivity index (χ2n) is 4.08. The Morgan fingerprint density at radius 3 is 2.57 bits per heavy atom. The number of ether oxygens (including phenoxy) is 2. The van der Waals surface area contributed by atoms with Crippen LogP contribution < -0.4 is 20.3 Å². The minimum Gasteiger partial charge on any atom is -0.493 e. The predicted molar refractivity (Wildman–Crippen MR) is 82.3 cm³/mol. The minimum absolute atomic E-state index is 0.157. The summed E-state index contributed by atoms with van der Waals surface area (Å²) < 4.78 is 10.9. The summed E-state index contributed by atoms with van der Waals surface area (Å²) in [6.45, 7) is 0. The maximum atomic E-state index is 12.2.